The molecule has 0 spiro atoms. The summed E-state index contributed by atoms with van der Waals surface area (Å²) in [4.78, 5) is 40.7. The van der Waals surface area contributed by atoms with E-state index in [1.807, 2.05) is 20.8 Å². The van der Waals surface area contributed by atoms with Crippen LogP contribution in [0.25, 0.3) is 0 Å². The van der Waals surface area contributed by atoms with Gasteiger partial charge in [-0.05, 0) is 107 Å². The summed E-state index contributed by atoms with van der Waals surface area (Å²) in [6, 6.07) is 0. The molecule has 506 valence electrons. The number of fused-ring (bicyclic) bond motifs is 7. The molecule has 9 aliphatic rings. The number of aliphatic hydroxyl groups excluding tert-OH is 13. The highest BCUT2D eigenvalue weighted by atomic mass is 16.8. The third-order valence-electron chi connectivity index (χ3n) is 23.1. The molecule has 0 bridgehead atoms. The Morgan fingerprint density at radius 2 is 1.19 bits per heavy atom. The standard InChI is InChI=1S/C62H96O27/c1-11-26(3)51(78)88-48-49(89-52(79)27(4)12-2)62(25-65)29(19-57(48,5)6)28-13-14-34-58(7)17-16-36(59(8,24-64)33(58)15-18-60(34,9)61(28,10)20-35(62)68)83-56-47(87-54-42(74)40(72)39(71)32(21-63)82-54)44(43(75)45(85-56)50(76)77)84-55-46(38(70)31(67)23-81-55)86-53-41(73)37(69)30(66)22-80-53/h11-13,29-49,53-56,63-75H,14-25H2,1-10H3,(H,76,77). The van der Waals surface area contributed by atoms with Gasteiger partial charge < -0.3 is 119 Å². The predicted octanol–water partition coefficient (Wildman–Crippen LogP) is -1.27. The fourth-order valence-corrected chi connectivity index (χ4v) is 17.3. The van der Waals surface area contributed by atoms with Gasteiger partial charge in [-0.1, -0.05) is 65.3 Å². The van der Waals surface area contributed by atoms with Crippen molar-refractivity contribution in [2.45, 2.75) is 249 Å². The molecule has 4 saturated heterocycles. The van der Waals surface area contributed by atoms with Gasteiger partial charge in [0.25, 0.3) is 0 Å². The molecule has 14 N–H and O–H groups in total. The van der Waals surface area contributed by atoms with Gasteiger partial charge in [-0.3, -0.25) is 0 Å². The largest absolute Gasteiger partial charge is 0.479 e. The van der Waals surface area contributed by atoms with E-state index in [0.29, 0.717) is 37.7 Å². The highest BCUT2D eigenvalue weighted by molar-refractivity contribution is 5.89. The smallest absolute Gasteiger partial charge is 0.335 e. The van der Waals surface area contributed by atoms with Crippen LogP contribution in [0.15, 0.2) is 34.9 Å². The number of allylic oxidation sites excluding steroid dienone is 4. The minimum atomic E-state index is -2.26. The molecule has 0 radical (unpaired) electrons. The van der Waals surface area contributed by atoms with Crippen LogP contribution in [0.3, 0.4) is 0 Å². The molecule has 9 rings (SSSR count). The summed E-state index contributed by atoms with van der Waals surface area (Å²) in [5, 5.41) is 156. The van der Waals surface area contributed by atoms with Gasteiger partial charge in [-0.2, -0.15) is 0 Å². The molecule has 0 aromatic carbocycles. The second-order valence-electron chi connectivity index (χ2n) is 28.2. The van der Waals surface area contributed by atoms with Gasteiger partial charge in [-0.15, -0.1) is 0 Å². The first-order valence-corrected chi connectivity index (χ1v) is 31.1. The van der Waals surface area contributed by atoms with Crippen LogP contribution in [-0.2, 0) is 61.8 Å². The van der Waals surface area contributed by atoms with Crippen molar-refractivity contribution in [2.75, 3.05) is 33.0 Å². The normalized spacial score (nSPS) is 50.1. The second-order valence-corrected chi connectivity index (χ2v) is 28.2. The molecule has 4 aliphatic heterocycles. The van der Waals surface area contributed by atoms with E-state index in [4.69, 9.17) is 47.4 Å². The van der Waals surface area contributed by atoms with E-state index in [0.717, 1.165) is 5.57 Å². The number of carboxylic acids is 1. The van der Waals surface area contributed by atoms with E-state index in [1.165, 1.54) is 0 Å². The van der Waals surface area contributed by atoms with E-state index in [1.54, 1.807) is 39.8 Å². The maximum Gasteiger partial charge on any atom is 0.335 e. The number of aliphatic carboxylic acids is 1. The third kappa shape index (κ3) is 11.7. The number of carbonyl (C=O) groups is 3. The number of hydrogen-bond acceptors (Lipinski definition) is 26. The number of hydrogen-bond donors (Lipinski definition) is 14. The molecule has 4 saturated carbocycles. The quantitative estimate of drug-likeness (QED) is 0.0371. The summed E-state index contributed by atoms with van der Waals surface area (Å²) >= 11 is 0. The van der Waals surface area contributed by atoms with Crippen molar-refractivity contribution < 1.29 is 133 Å². The van der Waals surface area contributed by atoms with Crippen molar-refractivity contribution >= 4 is 17.9 Å². The van der Waals surface area contributed by atoms with Crippen molar-refractivity contribution in [3.63, 3.8) is 0 Å². The van der Waals surface area contributed by atoms with Crippen LogP contribution in [0.5, 0.6) is 0 Å². The number of rotatable bonds is 16. The number of carbonyl (C=O) groups excluding carboxylic acids is 2. The van der Waals surface area contributed by atoms with Crippen LogP contribution >= 0.6 is 0 Å². The fraction of sp³-hybridized carbons (Fsp3) is 0.855. The Balaban J connectivity index is 1.06. The predicted molar refractivity (Wildman–Crippen MR) is 303 cm³/mol. The van der Waals surface area contributed by atoms with Crippen molar-refractivity contribution in [2.24, 2.45) is 50.2 Å². The molecular weight excluding hydrogens is 1180 g/mol. The fourth-order valence-electron chi connectivity index (χ4n) is 17.3. The molecule has 30 atom stereocenters. The second kappa shape index (κ2) is 26.2. The average molecular weight is 1270 g/mol. The van der Waals surface area contributed by atoms with E-state index in [2.05, 4.69) is 26.8 Å². The molecule has 5 aliphatic carbocycles. The molecule has 0 aromatic rings. The summed E-state index contributed by atoms with van der Waals surface area (Å²) in [5.41, 5.74) is -3.86. The topological polar surface area (TPSA) is 427 Å². The van der Waals surface area contributed by atoms with Crippen molar-refractivity contribution in [3.8, 4) is 0 Å². The first-order chi connectivity index (χ1) is 41.7. The molecule has 89 heavy (non-hydrogen) atoms. The van der Waals surface area contributed by atoms with E-state index in [9.17, 15) is 85.9 Å². The lowest BCUT2D eigenvalue weighted by molar-refractivity contribution is -0.400. The van der Waals surface area contributed by atoms with Gasteiger partial charge in [0.15, 0.2) is 37.4 Å². The lowest BCUT2D eigenvalue weighted by atomic mass is 9.33. The highest BCUT2D eigenvalue weighted by Crippen LogP contribution is 2.76. The molecule has 27 heteroatoms. The van der Waals surface area contributed by atoms with Gasteiger partial charge >= 0.3 is 17.9 Å². The maximum atomic E-state index is 13.9. The maximum absolute atomic E-state index is 13.9. The average Bonchev–Trinajstić information content (AvgIpc) is 0.672. The molecule has 0 aromatic heterocycles. The third-order valence-corrected chi connectivity index (χ3v) is 23.1. The SMILES string of the molecule is CC=C(C)C(=O)OC1C(OC(=O)C(C)=CC)C2(CO)C(O)CC3(C)C(=CCC4C5(C)CCC(OC6OC(C(=O)O)C(O)C(OC7OCC(O)C(O)C7OC7OCC(O)C(O)C7O)C6OC6OC(CO)C(O)C(O)C6O)C(C)(CO)C5CCC43C)C2CC1(C)C. The first-order valence-electron chi connectivity index (χ1n) is 31.1. The number of carboxylic acid groups (broad SMARTS) is 1. The van der Waals surface area contributed by atoms with Crippen LogP contribution in [0.1, 0.15) is 114 Å². The van der Waals surface area contributed by atoms with Crippen LogP contribution in [0.4, 0.5) is 0 Å². The summed E-state index contributed by atoms with van der Waals surface area (Å²) in [6.45, 7) is 15.7. The van der Waals surface area contributed by atoms with Crippen LogP contribution in [0.2, 0.25) is 0 Å². The zero-order chi connectivity index (χ0) is 65.6. The Morgan fingerprint density at radius 3 is 1.79 bits per heavy atom. The minimum Gasteiger partial charge on any atom is -0.479 e. The monoisotopic (exact) mass is 1270 g/mol. The van der Waals surface area contributed by atoms with Gasteiger partial charge in [0, 0.05) is 22.0 Å². The summed E-state index contributed by atoms with van der Waals surface area (Å²) in [7, 11) is 0. The molecule has 4 heterocycles. The number of ether oxygens (including phenoxy) is 10. The number of aliphatic hydroxyl groups is 13. The zero-order valence-electron chi connectivity index (χ0n) is 52.2. The summed E-state index contributed by atoms with van der Waals surface area (Å²) in [5.74, 6) is -4.09. The Hall–Kier alpha value is -3.21. The summed E-state index contributed by atoms with van der Waals surface area (Å²) in [6.07, 6.45) is -31.0. The highest BCUT2D eigenvalue weighted by Gasteiger charge is 2.74. The lowest BCUT2D eigenvalue weighted by Gasteiger charge is -2.72. The Labute approximate surface area is 517 Å². The molecule has 0 amide bonds. The first kappa shape index (κ1) is 70.1. The molecule has 27 nitrogen and oxygen atoms in total. The van der Waals surface area contributed by atoms with Gasteiger partial charge in [0.1, 0.15) is 85.5 Å². The Bertz CT molecular complexity index is 2650. The lowest BCUT2D eigenvalue weighted by Crippen LogP contribution is -2.72. The van der Waals surface area contributed by atoms with E-state index >= 15 is 0 Å². The van der Waals surface area contributed by atoms with Crippen LogP contribution in [-0.4, -0.2) is 257 Å². The number of esters is 2. The van der Waals surface area contributed by atoms with Gasteiger partial charge in [0.2, 0.25) is 0 Å². The minimum absolute atomic E-state index is 0.131. The van der Waals surface area contributed by atoms with E-state index in [-0.39, 0.29) is 30.3 Å². The van der Waals surface area contributed by atoms with Crippen LogP contribution < -0.4 is 0 Å². The van der Waals surface area contributed by atoms with Gasteiger partial charge in [-0.25, -0.2) is 14.4 Å². The Morgan fingerprint density at radius 1 is 0.607 bits per heavy atom. The molecular formula is C62H96O27. The zero-order valence-corrected chi connectivity index (χ0v) is 52.2. The van der Waals surface area contributed by atoms with Crippen molar-refractivity contribution in [3.05, 3.63) is 34.9 Å². The van der Waals surface area contributed by atoms with Crippen molar-refractivity contribution in [1.82, 2.24) is 0 Å². The molecule has 30 unspecified atom stereocenters. The molecule has 8 fully saturated rings. The van der Waals surface area contributed by atoms with Crippen molar-refractivity contribution in [1.29, 1.82) is 0 Å². The van der Waals surface area contributed by atoms with E-state index < -0.39 is 224 Å². The summed E-state index contributed by atoms with van der Waals surface area (Å²) < 4.78 is 61.2. The Kier molecular flexibility index (Phi) is 20.6. The van der Waals surface area contributed by atoms with Gasteiger partial charge in [0.05, 0.1) is 50.7 Å². The van der Waals surface area contributed by atoms with Crippen LogP contribution in [0, 0.1) is 50.2 Å².